The number of nitro groups is 1. The minimum atomic E-state index is -0.444. The number of aryl methyl sites for hydroxylation is 1. The average molecular weight is 365 g/mol. The topological polar surface area (TPSA) is 75.5 Å². The maximum atomic E-state index is 13.1. The minimum Gasteiger partial charge on any atom is -0.371 e. The number of nitrogens with zero attached hydrogens (tertiary/aromatic N) is 2. The van der Waals surface area contributed by atoms with Gasteiger partial charge >= 0.3 is 0 Å². The summed E-state index contributed by atoms with van der Waals surface area (Å²) < 4.78 is 0. The third-order valence-electron chi connectivity index (χ3n) is 5.56. The molecule has 0 spiro atoms. The molecule has 6 heteroatoms. The number of hydrogen-bond donors (Lipinski definition) is 1. The van der Waals surface area contributed by atoms with Crippen LogP contribution in [0.2, 0.25) is 0 Å². The summed E-state index contributed by atoms with van der Waals surface area (Å²) in [5.74, 6) is -0.234. The number of carbonyl (C=O) groups is 1. The molecule has 1 aliphatic carbocycles. The highest BCUT2D eigenvalue weighted by Crippen LogP contribution is 2.32. The molecule has 0 bridgehead atoms. The first-order chi connectivity index (χ1) is 13.1. The molecular weight excluding hydrogens is 342 g/mol. The first-order valence-corrected chi connectivity index (χ1v) is 9.55. The van der Waals surface area contributed by atoms with Crippen LogP contribution in [0.1, 0.15) is 53.2 Å². The van der Waals surface area contributed by atoms with Gasteiger partial charge < -0.3 is 10.2 Å². The Morgan fingerprint density at radius 1 is 1.11 bits per heavy atom. The Hall–Kier alpha value is -2.89. The molecule has 2 aromatic carbocycles. The Bertz CT molecular complexity index is 875. The van der Waals surface area contributed by atoms with Gasteiger partial charge in [-0.3, -0.25) is 14.9 Å². The Kier molecular flexibility index (Phi) is 4.79. The number of anilines is 1. The standard InChI is InChI=1S/C21H23N3O3/c25-21(22-19-9-5-7-15-6-1-2-8-17(15)19)18-14-16(24(26)27)10-11-20(18)23-12-3-4-13-23/h1-2,6,8,10-11,14,19H,3-5,7,9,12-13H2,(H,22,25)/t19-/m0/s1. The molecule has 1 amide bonds. The Morgan fingerprint density at radius 3 is 2.67 bits per heavy atom. The zero-order chi connectivity index (χ0) is 18.8. The van der Waals surface area contributed by atoms with Crippen LogP contribution in [0.4, 0.5) is 11.4 Å². The fourth-order valence-electron chi connectivity index (χ4n) is 4.19. The second-order valence-electron chi connectivity index (χ2n) is 7.27. The summed E-state index contributed by atoms with van der Waals surface area (Å²) >= 11 is 0. The van der Waals surface area contributed by atoms with E-state index >= 15 is 0 Å². The van der Waals surface area contributed by atoms with Crippen LogP contribution in [0.15, 0.2) is 42.5 Å². The van der Waals surface area contributed by atoms with Crippen LogP contribution in [0.5, 0.6) is 0 Å². The van der Waals surface area contributed by atoms with E-state index in [-0.39, 0.29) is 17.6 Å². The van der Waals surface area contributed by atoms with Gasteiger partial charge in [0.1, 0.15) is 0 Å². The van der Waals surface area contributed by atoms with E-state index in [1.54, 1.807) is 6.07 Å². The van der Waals surface area contributed by atoms with Gasteiger partial charge in [0.2, 0.25) is 0 Å². The average Bonchev–Trinajstić information content (AvgIpc) is 3.22. The Labute approximate surface area is 158 Å². The second-order valence-corrected chi connectivity index (χ2v) is 7.27. The smallest absolute Gasteiger partial charge is 0.270 e. The predicted molar refractivity (Wildman–Crippen MR) is 104 cm³/mol. The van der Waals surface area contributed by atoms with Gasteiger partial charge in [-0.2, -0.15) is 0 Å². The van der Waals surface area contributed by atoms with Gasteiger partial charge in [-0.1, -0.05) is 24.3 Å². The molecule has 1 fully saturated rings. The number of fused-ring (bicyclic) bond motifs is 1. The fourth-order valence-corrected chi connectivity index (χ4v) is 4.19. The lowest BCUT2D eigenvalue weighted by molar-refractivity contribution is -0.384. The molecule has 27 heavy (non-hydrogen) atoms. The summed E-state index contributed by atoms with van der Waals surface area (Å²) in [5.41, 5.74) is 3.57. The van der Waals surface area contributed by atoms with Crippen LogP contribution in [0.3, 0.4) is 0 Å². The van der Waals surface area contributed by atoms with Gasteiger partial charge in [0, 0.05) is 25.2 Å². The van der Waals surface area contributed by atoms with E-state index in [1.807, 2.05) is 12.1 Å². The van der Waals surface area contributed by atoms with Gasteiger partial charge in [0.05, 0.1) is 22.2 Å². The highest BCUT2D eigenvalue weighted by atomic mass is 16.6. The Morgan fingerprint density at radius 2 is 1.89 bits per heavy atom. The summed E-state index contributed by atoms with van der Waals surface area (Å²) in [7, 11) is 0. The van der Waals surface area contributed by atoms with Crippen molar-refractivity contribution in [3.63, 3.8) is 0 Å². The quantitative estimate of drug-likeness (QED) is 0.656. The predicted octanol–water partition coefficient (Wildman–Crippen LogP) is 4.00. The van der Waals surface area contributed by atoms with E-state index in [4.69, 9.17) is 0 Å². The van der Waals surface area contributed by atoms with Gasteiger partial charge in [0.15, 0.2) is 0 Å². The van der Waals surface area contributed by atoms with Crippen molar-refractivity contribution >= 4 is 17.3 Å². The third kappa shape index (κ3) is 3.52. The maximum Gasteiger partial charge on any atom is 0.270 e. The van der Waals surface area contributed by atoms with Gasteiger partial charge in [-0.25, -0.2) is 0 Å². The molecule has 0 saturated carbocycles. The number of nitro benzene ring substituents is 1. The monoisotopic (exact) mass is 365 g/mol. The van der Waals surface area contributed by atoms with Crippen molar-refractivity contribution in [1.29, 1.82) is 0 Å². The van der Waals surface area contributed by atoms with Gasteiger partial charge in [-0.05, 0) is 49.3 Å². The highest BCUT2D eigenvalue weighted by molar-refractivity contribution is 6.00. The maximum absolute atomic E-state index is 13.1. The van der Waals surface area contributed by atoms with Crippen molar-refractivity contribution in [3.8, 4) is 0 Å². The number of nitrogens with one attached hydrogen (secondary N) is 1. The molecule has 2 aromatic rings. The van der Waals surface area contributed by atoms with Crippen LogP contribution in [-0.4, -0.2) is 23.9 Å². The summed E-state index contributed by atoms with van der Waals surface area (Å²) in [4.78, 5) is 26.0. The van der Waals surface area contributed by atoms with Gasteiger partial charge in [0.25, 0.3) is 11.6 Å². The third-order valence-corrected chi connectivity index (χ3v) is 5.56. The van der Waals surface area contributed by atoms with E-state index in [2.05, 4.69) is 22.3 Å². The lowest BCUT2D eigenvalue weighted by Gasteiger charge is -2.27. The van der Waals surface area contributed by atoms with Crippen molar-refractivity contribution in [2.75, 3.05) is 18.0 Å². The second kappa shape index (κ2) is 7.39. The molecular formula is C21H23N3O3. The molecule has 0 radical (unpaired) electrons. The molecule has 2 aliphatic rings. The number of benzene rings is 2. The van der Waals surface area contributed by atoms with E-state index in [1.165, 1.54) is 17.7 Å². The molecule has 4 rings (SSSR count). The largest absolute Gasteiger partial charge is 0.371 e. The lowest BCUT2D eigenvalue weighted by Crippen LogP contribution is -2.32. The van der Waals surface area contributed by atoms with Crippen molar-refractivity contribution in [2.24, 2.45) is 0 Å². The zero-order valence-corrected chi connectivity index (χ0v) is 15.2. The van der Waals surface area contributed by atoms with Gasteiger partial charge in [-0.15, -0.1) is 0 Å². The number of hydrogen-bond acceptors (Lipinski definition) is 4. The van der Waals surface area contributed by atoms with E-state index < -0.39 is 4.92 Å². The fraction of sp³-hybridized carbons (Fsp3) is 0.381. The normalized spacial score (nSPS) is 18.8. The molecule has 1 N–H and O–H groups in total. The van der Waals surface area contributed by atoms with E-state index in [9.17, 15) is 14.9 Å². The van der Waals surface area contributed by atoms with Crippen molar-refractivity contribution in [3.05, 3.63) is 69.3 Å². The lowest BCUT2D eigenvalue weighted by atomic mass is 9.87. The van der Waals surface area contributed by atoms with Crippen LogP contribution < -0.4 is 10.2 Å². The molecule has 1 atom stereocenters. The van der Waals surface area contributed by atoms with Crippen LogP contribution in [0, 0.1) is 10.1 Å². The van der Waals surface area contributed by atoms with E-state index in [0.717, 1.165) is 56.4 Å². The molecule has 1 heterocycles. The zero-order valence-electron chi connectivity index (χ0n) is 15.2. The van der Waals surface area contributed by atoms with Crippen LogP contribution >= 0.6 is 0 Å². The summed E-state index contributed by atoms with van der Waals surface area (Å²) in [5, 5.41) is 14.4. The molecule has 6 nitrogen and oxygen atoms in total. The SMILES string of the molecule is O=C(N[C@H]1CCCc2ccccc21)c1cc([N+](=O)[O-])ccc1N1CCCC1. The first kappa shape index (κ1) is 17.5. The van der Waals surface area contributed by atoms with Crippen molar-refractivity contribution in [1.82, 2.24) is 5.32 Å². The number of carbonyl (C=O) groups excluding carboxylic acids is 1. The van der Waals surface area contributed by atoms with Crippen molar-refractivity contribution < 1.29 is 9.72 Å². The number of amides is 1. The number of non-ortho nitro benzene ring substituents is 1. The molecule has 0 unspecified atom stereocenters. The minimum absolute atomic E-state index is 0.0480. The highest BCUT2D eigenvalue weighted by Gasteiger charge is 2.26. The van der Waals surface area contributed by atoms with Crippen LogP contribution in [0.25, 0.3) is 0 Å². The molecule has 0 aromatic heterocycles. The van der Waals surface area contributed by atoms with E-state index in [0.29, 0.717) is 5.56 Å². The summed E-state index contributed by atoms with van der Waals surface area (Å²) in [6.45, 7) is 1.76. The summed E-state index contributed by atoms with van der Waals surface area (Å²) in [6, 6.07) is 12.8. The van der Waals surface area contributed by atoms with Crippen molar-refractivity contribution in [2.45, 2.75) is 38.1 Å². The Balaban J connectivity index is 1.65. The molecule has 1 aliphatic heterocycles. The molecule has 1 saturated heterocycles. The van der Waals surface area contributed by atoms with Crippen LogP contribution in [-0.2, 0) is 6.42 Å². The molecule has 140 valence electrons. The first-order valence-electron chi connectivity index (χ1n) is 9.55. The summed E-state index contributed by atoms with van der Waals surface area (Å²) in [6.07, 6.45) is 5.09. The number of rotatable bonds is 4.